The summed E-state index contributed by atoms with van der Waals surface area (Å²) in [6.07, 6.45) is 4.92. The zero-order valence-electron chi connectivity index (χ0n) is 11.0. The molecule has 0 bridgehead atoms. The highest BCUT2D eigenvalue weighted by molar-refractivity contribution is 6.30. The van der Waals surface area contributed by atoms with Crippen molar-refractivity contribution in [3.05, 3.63) is 34.9 Å². The normalized spacial score (nSPS) is 11.6. The van der Waals surface area contributed by atoms with Gasteiger partial charge >= 0.3 is 0 Å². The number of rotatable bonds is 7. The number of halogens is 1. The number of nitrogens with two attached hydrogens (primary N) is 1. The minimum atomic E-state index is 0.515. The Bertz CT molecular complexity index is 360. The standard InChI is InChI=1S/C14H22ClN3/c1-2-3-4-5-10-17-14(16)18-11-12-6-8-13(15)9-7-12/h6-9H,2-5,10-11H2,1H3,(H3,16,17,18). The average Bonchev–Trinajstić information content (AvgIpc) is 2.38. The van der Waals surface area contributed by atoms with Gasteiger partial charge in [-0.1, -0.05) is 49.9 Å². The van der Waals surface area contributed by atoms with Gasteiger partial charge in [0.05, 0.1) is 6.54 Å². The average molecular weight is 268 g/mol. The van der Waals surface area contributed by atoms with Crippen LogP contribution in [-0.4, -0.2) is 12.5 Å². The van der Waals surface area contributed by atoms with Crippen LogP contribution >= 0.6 is 11.6 Å². The van der Waals surface area contributed by atoms with E-state index in [0.29, 0.717) is 12.5 Å². The van der Waals surface area contributed by atoms with Crippen molar-refractivity contribution in [2.24, 2.45) is 10.7 Å². The summed E-state index contributed by atoms with van der Waals surface area (Å²) >= 11 is 5.81. The lowest BCUT2D eigenvalue weighted by atomic mass is 10.2. The first-order valence-electron chi connectivity index (χ1n) is 6.50. The van der Waals surface area contributed by atoms with Gasteiger partial charge in [-0.25, -0.2) is 4.99 Å². The highest BCUT2D eigenvalue weighted by atomic mass is 35.5. The van der Waals surface area contributed by atoms with Crippen LogP contribution < -0.4 is 11.1 Å². The van der Waals surface area contributed by atoms with E-state index in [0.717, 1.165) is 23.6 Å². The smallest absolute Gasteiger partial charge is 0.188 e. The minimum Gasteiger partial charge on any atom is -0.370 e. The maximum absolute atomic E-state index is 5.81. The molecule has 0 radical (unpaired) electrons. The van der Waals surface area contributed by atoms with E-state index in [1.165, 1.54) is 19.3 Å². The molecule has 1 aromatic rings. The Morgan fingerprint density at radius 3 is 2.61 bits per heavy atom. The number of guanidine groups is 1. The van der Waals surface area contributed by atoms with Crippen LogP contribution in [-0.2, 0) is 6.54 Å². The molecule has 0 atom stereocenters. The molecule has 0 saturated carbocycles. The second kappa shape index (κ2) is 8.81. The van der Waals surface area contributed by atoms with Crippen LogP contribution in [0.25, 0.3) is 0 Å². The Hall–Kier alpha value is -1.22. The van der Waals surface area contributed by atoms with E-state index >= 15 is 0 Å². The Morgan fingerprint density at radius 1 is 1.22 bits per heavy atom. The van der Waals surface area contributed by atoms with Gasteiger partial charge in [-0.3, -0.25) is 0 Å². The Morgan fingerprint density at radius 2 is 1.94 bits per heavy atom. The molecule has 18 heavy (non-hydrogen) atoms. The zero-order valence-corrected chi connectivity index (χ0v) is 11.7. The fraction of sp³-hybridized carbons (Fsp3) is 0.500. The maximum Gasteiger partial charge on any atom is 0.188 e. The molecular formula is C14H22ClN3. The predicted octanol–water partition coefficient (Wildman–Crippen LogP) is 3.32. The quantitative estimate of drug-likeness (QED) is 0.452. The molecular weight excluding hydrogens is 246 g/mol. The zero-order chi connectivity index (χ0) is 13.2. The monoisotopic (exact) mass is 267 g/mol. The lowest BCUT2D eigenvalue weighted by molar-refractivity contribution is 0.652. The first kappa shape index (κ1) is 14.8. The summed E-state index contributed by atoms with van der Waals surface area (Å²) in [7, 11) is 0. The predicted molar refractivity (Wildman–Crippen MR) is 78.9 cm³/mol. The molecule has 3 nitrogen and oxygen atoms in total. The number of benzene rings is 1. The van der Waals surface area contributed by atoms with Gasteiger partial charge in [0.15, 0.2) is 5.96 Å². The lowest BCUT2D eigenvalue weighted by Gasteiger charge is -2.05. The van der Waals surface area contributed by atoms with Gasteiger partial charge < -0.3 is 11.1 Å². The molecule has 0 aliphatic heterocycles. The van der Waals surface area contributed by atoms with E-state index in [1.807, 2.05) is 24.3 Å². The molecule has 4 heteroatoms. The summed E-state index contributed by atoms with van der Waals surface area (Å²) in [6, 6.07) is 7.64. The van der Waals surface area contributed by atoms with Crippen molar-refractivity contribution in [1.29, 1.82) is 0 Å². The number of nitrogens with zero attached hydrogens (tertiary/aromatic N) is 1. The molecule has 3 N–H and O–H groups in total. The van der Waals surface area contributed by atoms with Crippen molar-refractivity contribution in [2.45, 2.75) is 39.2 Å². The van der Waals surface area contributed by atoms with E-state index < -0.39 is 0 Å². The van der Waals surface area contributed by atoms with Gasteiger partial charge in [-0.2, -0.15) is 0 Å². The molecule has 1 rings (SSSR count). The fourth-order valence-corrected chi connectivity index (χ4v) is 1.72. The third-order valence-electron chi connectivity index (χ3n) is 2.68. The van der Waals surface area contributed by atoms with Crippen LogP contribution in [0.5, 0.6) is 0 Å². The van der Waals surface area contributed by atoms with E-state index in [9.17, 15) is 0 Å². The highest BCUT2D eigenvalue weighted by Gasteiger charge is 1.94. The van der Waals surface area contributed by atoms with E-state index in [1.54, 1.807) is 0 Å². The minimum absolute atomic E-state index is 0.515. The summed E-state index contributed by atoms with van der Waals surface area (Å²) in [5.74, 6) is 0.515. The fourth-order valence-electron chi connectivity index (χ4n) is 1.59. The van der Waals surface area contributed by atoms with Gasteiger partial charge in [0.25, 0.3) is 0 Å². The molecule has 0 spiro atoms. The van der Waals surface area contributed by atoms with Crippen LogP contribution in [0.2, 0.25) is 5.02 Å². The van der Waals surface area contributed by atoms with Crippen molar-refractivity contribution >= 4 is 17.6 Å². The summed E-state index contributed by atoms with van der Waals surface area (Å²) < 4.78 is 0. The summed E-state index contributed by atoms with van der Waals surface area (Å²) in [5, 5.41) is 3.87. The van der Waals surface area contributed by atoms with Gasteiger partial charge in [-0.15, -0.1) is 0 Å². The van der Waals surface area contributed by atoms with E-state index in [4.69, 9.17) is 17.3 Å². The molecule has 0 saturated heterocycles. The Kier molecular flexibility index (Phi) is 7.26. The van der Waals surface area contributed by atoms with Crippen molar-refractivity contribution in [2.75, 3.05) is 6.54 Å². The third kappa shape index (κ3) is 6.50. The molecule has 0 aliphatic carbocycles. The highest BCUT2D eigenvalue weighted by Crippen LogP contribution is 2.09. The molecule has 0 fully saturated rings. The number of nitrogens with one attached hydrogen (secondary N) is 1. The van der Waals surface area contributed by atoms with Crippen molar-refractivity contribution in [3.63, 3.8) is 0 Å². The van der Waals surface area contributed by atoms with Crippen LogP contribution in [0, 0.1) is 0 Å². The number of unbranched alkanes of at least 4 members (excludes halogenated alkanes) is 3. The van der Waals surface area contributed by atoms with Crippen molar-refractivity contribution < 1.29 is 0 Å². The second-order valence-corrected chi connectivity index (χ2v) is 4.75. The first-order valence-corrected chi connectivity index (χ1v) is 6.88. The molecule has 0 heterocycles. The van der Waals surface area contributed by atoms with Crippen LogP contribution in [0.3, 0.4) is 0 Å². The largest absolute Gasteiger partial charge is 0.370 e. The van der Waals surface area contributed by atoms with Gasteiger partial charge in [0, 0.05) is 11.6 Å². The van der Waals surface area contributed by atoms with Gasteiger partial charge in [0.2, 0.25) is 0 Å². The molecule has 0 amide bonds. The number of hydrogen-bond acceptors (Lipinski definition) is 1. The van der Waals surface area contributed by atoms with Gasteiger partial charge in [0.1, 0.15) is 0 Å². The summed E-state index contributed by atoms with van der Waals surface area (Å²) in [4.78, 5) is 4.28. The van der Waals surface area contributed by atoms with Crippen molar-refractivity contribution in [3.8, 4) is 0 Å². The third-order valence-corrected chi connectivity index (χ3v) is 2.93. The lowest BCUT2D eigenvalue weighted by Crippen LogP contribution is -2.32. The maximum atomic E-state index is 5.81. The van der Waals surface area contributed by atoms with E-state index in [2.05, 4.69) is 17.2 Å². The first-order chi connectivity index (χ1) is 8.72. The number of hydrogen-bond donors (Lipinski definition) is 2. The molecule has 0 aromatic heterocycles. The SMILES string of the molecule is CCCCCCNC(N)=NCc1ccc(Cl)cc1. The van der Waals surface area contributed by atoms with Crippen molar-refractivity contribution in [1.82, 2.24) is 5.32 Å². The second-order valence-electron chi connectivity index (χ2n) is 4.32. The summed E-state index contributed by atoms with van der Waals surface area (Å²) in [6.45, 7) is 3.69. The molecule has 0 unspecified atom stereocenters. The molecule has 0 aliphatic rings. The Balaban J connectivity index is 2.22. The van der Waals surface area contributed by atoms with Crippen LogP contribution in [0.15, 0.2) is 29.3 Å². The summed E-state index contributed by atoms with van der Waals surface area (Å²) in [5.41, 5.74) is 6.89. The topological polar surface area (TPSA) is 50.4 Å². The van der Waals surface area contributed by atoms with Crippen LogP contribution in [0.4, 0.5) is 0 Å². The molecule has 100 valence electrons. The van der Waals surface area contributed by atoms with Crippen LogP contribution in [0.1, 0.15) is 38.2 Å². The Labute approximate surface area is 114 Å². The number of aliphatic imine (C=N–C) groups is 1. The van der Waals surface area contributed by atoms with E-state index in [-0.39, 0.29) is 0 Å². The molecule has 1 aromatic carbocycles. The van der Waals surface area contributed by atoms with Gasteiger partial charge in [-0.05, 0) is 24.1 Å².